The van der Waals surface area contributed by atoms with E-state index in [2.05, 4.69) is 0 Å². The standard InChI is InChI=1S/C12H13Cl2NO2/c13-9-4-3-5-10(12(9)14)17-8-11(16)15-6-1-2-7-15/h3-5H,1-2,6-8H2. The second-order valence-corrected chi connectivity index (χ2v) is 4.71. The lowest BCUT2D eigenvalue weighted by Crippen LogP contribution is -2.32. The van der Waals surface area contributed by atoms with E-state index in [4.69, 9.17) is 27.9 Å². The Morgan fingerprint density at radius 1 is 1.29 bits per heavy atom. The molecule has 1 fully saturated rings. The smallest absolute Gasteiger partial charge is 0.260 e. The van der Waals surface area contributed by atoms with Gasteiger partial charge in [-0.3, -0.25) is 4.79 Å². The van der Waals surface area contributed by atoms with Gasteiger partial charge < -0.3 is 9.64 Å². The molecule has 2 rings (SSSR count). The zero-order valence-electron chi connectivity index (χ0n) is 9.29. The number of benzene rings is 1. The summed E-state index contributed by atoms with van der Waals surface area (Å²) in [5.41, 5.74) is 0. The van der Waals surface area contributed by atoms with Crippen molar-refractivity contribution >= 4 is 29.1 Å². The van der Waals surface area contributed by atoms with Crippen LogP contribution in [0.3, 0.4) is 0 Å². The van der Waals surface area contributed by atoms with Crippen LogP contribution in [-0.2, 0) is 4.79 Å². The highest BCUT2D eigenvalue weighted by Gasteiger charge is 2.18. The van der Waals surface area contributed by atoms with Crippen molar-refractivity contribution in [3.63, 3.8) is 0 Å². The molecule has 92 valence electrons. The normalized spacial score (nSPS) is 15.1. The van der Waals surface area contributed by atoms with E-state index >= 15 is 0 Å². The van der Waals surface area contributed by atoms with Gasteiger partial charge in [-0.1, -0.05) is 29.3 Å². The van der Waals surface area contributed by atoms with Crippen LogP contribution in [0.1, 0.15) is 12.8 Å². The number of hydrogen-bond acceptors (Lipinski definition) is 2. The van der Waals surface area contributed by atoms with E-state index in [9.17, 15) is 4.79 Å². The van der Waals surface area contributed by atoms with Crippen LogP contribution < -0.4 is 4.74 Å². The molecule has 0 spiro atoms. The molecule has 0 bridgehead atoms. The summed E-state index contributed by atoms with van der Waals surface area (Å²) in [4.78, 5) is 13.5. The van der Waals surface area contributed by atoms with Gasteiger partial charge in [-0.15, -0.1) is 0 Å². The summed E-state index contributed by atoms with van der Waals surface area (Å²) in [6.45, 7) is 1.66. The van der Waals surface area contributed by atoms with Crippen LogP contribution in [0.25, 0.3) is 0 Å². The van der Waals surface area contributed by atoms with Crippen LogP contribution in [0.4, 0.5) is 0 Å². The lowest BCUT2D eigenvalue weighted by molar-refractivity contribution is -0.132. The van der Waals surface area contributed by atoms with Crippen molar-refractivity contribution in [1.29, 1.82) is 0 Å². The largest absolute Gasteiger partial charge is 0.482 e. The number of carbonyl (C=O) groups excluding carboxylic acids is 1. The minimum absolute atomic E-state index is 0.00135. The minimum Gasteiger partial charge on any atom is -0.482 e. The molecule has 1 aromatic carbocycles. The number of hydrogen-bond donors (Lipinski definition) is 0. The number of rotatable bonds is 3. The maximum atomic E-state index is 11.7. The Morgan fingerprint density at radius 3 is 2.71 bits per heavy atom. The van der Waals surface area contributed by atoms with Crippen LogP contribution in [-0.4, -0.2) is 30.5 Å². The van der Waals surface area contributed by atoms with Gasteiger partial charge in [0, 0.05) is 13.1 Å². The SMILES string of the molecule is O=C(COc1cccc(Cl)c1Cl)N1CCCC1. The van der Waals surface area contributed by atoms with E-state index in [1.807, 2.05) is 0 Å². The molecule has 0 atom stereocenters. The lowest BCUT2D eigenvalue weighted by atomic mass is 10.3. The third-order valence-corrected chi connectivity index (χ3v) is 3.53. The molecule has 0 aliphatic carbocycles. The number of likely N-dealkylation sites (tertiary alicyclic amines) is 1. The van der Waals surface area contributed by atoms with Crippen molar-refractivity contribution in [2.45, 2.75) is 12.8 Å². The first kappa shape index (κ1) is 12.5. The van der Waals surface area contributed by atoms with Gasteiger partial charge >= 0.3 is 0 Å². The van der Waals surface area contributed by atoms with E-state index in [0.717, 1.165) is 25.9 Å². The Labute approximate surface area is 110 Å². The van der Waals surface area contributed by atoms with Crippen LogP contribution in [0.2, 0.25) is 10.0 Å². The summed E-state index contributed by atoms with van der Waals surface area (Å²) in [7, 11) is 0. The minimum atomic E-state index is -0.00135. The number of carbonyl (C=O) groups is 1. The molecule has 1 saturated heterocycles. The molecule has 3 nitrogen and oxygen atoms in total. The first-order chi connectivity index (χ1) is 8.18. The van der Waals surface area contributed by atoms with Gasteiger partial charge in [-0.25, -0.2) is 0 Å². The van der Waals surface area contributed by atoms with Crippen LogP contribution in [0.5, 0.6) is 5.75 Å². The summed E-state index contributed by atoms with van der Waals surface area (Å²) >= 11 is 11.8. The number of ether oxygens (including phenoxy) is 1. The Kier molecular flexibility index (Phi) is 4.13. The monoisotopic (exact) mass is 273 g/mol. The van der Waals surface area contributed by atoms with Crippen LogP contribution in [0.15, 0.2) is 18.2 Å². The number of halogens is 2. The third-order valence-electron chi connectivity index (χ3n) is 2.73. The fraction of sp³-hybridized carbons (Fsp3) is 0.417. The van der Waals surface area contributed by atoms with Crippen molar-refractivity contribution in [3.05, 3.63) is 28.2 Å². The van der Waals surface area contributed by atoms with E-state index < -0.39 is 0 Å². The zero-order chi connectivity index (χ0) is 12.3. The molecule has 1 aromatic rings. The predicted octanol–water partition coefficient (Wildman–Crippen LogP) is 2.99. The number of amides is 1. The van der Waals surface area contributed by atoms with Crippen LogP contribution in [0, 0.1) is 0 Å². The van der Waals surface area contributed by atoms with Gasteiger partial charge in [0.1, 0.15) is 10.8 Å². The van der Waals surface area contributed by atoms with Crippen molar-refractivity contribution in [2.24, 2.45) is 0 Å². The lowest BCUT2D eigenvalue weighted by Gasteiger charge is -2.16. The van der Waals surface area contributed by atoms with Crippen molar-refractivity contribution in [1.82, 2.24) is 4.90 Å². The fourth-order valence-electron chi connectivity index (χ4n) is 1.79. The molecule has 17 heavy (non-hydrogen) atoms. The molecule has 0 N–H and O–H groups in total. The molecule has 1 heterocycles. The molecular weight excluding hydrogens is 261 g/mol. The zero-order valence-corrected chi connectivity index (χ0v) is 10.8. The van der Waals surface area contributed by atoms with Gasteiger partial charge in [0.15, 0.2) is 6.61 Å². The van der Waals surface area contributed by atoms with Crippen molar-refractivity contribution in [3.8, 4) is 5.75 Å². The summed E-state index contributed by atoms with van der Waals surface area (Å²) in [5, 5.41) is 0.779. The quantitative estimate of drug-likeness (QED) is 0.848. The van der Waals surface area contributed by atoms with Gasteiger partial charge in [-0.05, 0) is 25.0 Å². The Balaban J connectivity index is 1.93. The first-order valence-corrected chi connectivity index (χ1v) is 6.28. The second-order valence-electron chi connectivity index (χ2n) is 3.93. The summed E-state index contributed by atoms with van der Waals surface area (Å²) in [6, 6.07) is 5.12. The van der Waals surface area contributed by atoms with Crippen molar-refractivity contribution < 1.29 is 9.53 Å². The average Bonchev–Trinajstić information content (AvgIpc) is 2.84. The summed E-state index contributed by atoms with van der Waals surface area (Å²) < 4.78 is 5.38. The molecule has 0 radical (unpaired) electrons. The summed E-state index contributed by atoms with van der Waals surface area (Å²) in [6.07, 6.45) is 2.15. The molecule has 5 heteroatoms. The molecule has 1 amide bonds. The van der Waals surface area contributed by atoms with Crippen LogP contribution >= 0.6 is 23.2 Å². The van der Waals surface area contributed by atoms with E-state index in [1.165, 1.54) is 0 Å². The molecule has 0 unspecified atom stereocenters. The highest BCUT2D eigenvalue weighted by atomic mass is 35.5. The average molecular weight is 274 g/mol. The second kappa shape index (κ2) is 5.61. The van der Waals surface area contributed by atoms with Gasteiger partial charge in [0.05, 0.1) is 5.02 Å². The Morgan fingerprint density at radius 2 is 2.00 bits per heavy atom. The van der Waals surface area contributed by atoms with Crippen molar-refractivity contribution in [2.75, 3.05) is 19.7 Å². The predicted molar refractivity (Wildman–Crippen MR) is 67.8 cm³/mol. The molecule has 0 aromatic heterocycles. The fourth-order valence-corrected chi connectivity index (χ4v) is 2.14. The summed E-state index contributed by atoms with van der Waals surface area (Å²) in [5.74, 6) is 0.449. The van der Waals surface area contributed by atoms with E-state index in [1.54, 1.807) is 23.1 Å². The Hall–Kier alpha value is -0.930. The molecule has 1 aliphatic rings. The molecule has 0 saturated carbocycles. The highest BCUT2D eigenvalue weighted by Crippen LogP contribution is 2.31. The van der Waals surface area contributed by atoms with Gasteiger partial charge in [0.2, 0.25) is 0 Å². The maximum Gasteiger partial charge on any atom is 0.260 e. The van der Waals surface area contributed by atoms with E-state index in [0.29, 0.717) is 15.8 Å². The van der Waals surface area contributed by atoms with Gasteiger partial charge in [0.25, 0.3) is 5.91 Å². The van der Waals surface area contributed by atoms with E-state index in [-0.39, 0.29) is 12.5 Å². The Bertz CT molecular complexity index is 417. The third kappa shape index (κ3) is 3.05. The molecular formula is C12H13Cl2NO2. The number of nitrogens with zero attached hydrogens (tertiary/aromatic N) is 1. The maximum absolute atomic E-state index is 11.7. The first-order valence-electron chi connectivity index (χ1n) is 5.53. The molecule has 1 aliphatic heterocycles. The van der Waals surface area contributed by atoms with Gasteiger partial charge in [-0.2, -0.15) is 0 Å². The topological polar surface area (TPSA) is 29.5 Å². The highest BCUT2D eigenvalue weighted by molar-refractivity contribution is 6.42.